The number of aromatic nitrogens is 4. The van der Waals surface area contributed by atoms with E-state index >= 15 is 4.39 Å². The monoisotopic (exact) mass is 583 g/mol. The van der Waals surface area contributed by atoms with Crippen LogP contribution in [0.25, 0.3) is 16.8 Å². The molecule has 226 valence electrons. The van der Waals surface area contributed by atoms with Gasteiger partial charge in [0.1, 0.15) is 17.4 Å². The molecule has 0 bridgehead atoms. The first kappa shape index (κ1) is 31.0. The van der Waals surface area contributed by atoms with Crippen LogP contribution in [0.2, 0.25) is 0 Å². The van der Waals surface area contributed by atoms with Crippen molar-refractivity contribution in [1.82, 2.24) is 24.5 Å². The summed E-state index contributed by atoms with van der Waals surface area (Å²) in [5, 5.41) is 18.1. The lowest BCUT2D eigenvalue weighted by Crippen LogP contribution is -2.32. The molecule has 1 unspecified atom stereocenters. The molecule has 11 heteroatoms. The van der Waals surface area contributed by atoms with Crippen molar-refractivity contribution >= 4 is 11.7 Å². The Morgan fingerprint density at radius 1 is 1.12 bits per heavy atom. The molecular formula is C31H39F2N5O4. The van der Waals surface area contributed by atoms with E-state index in [1.165, 1.54) is 6.07 Å². The van der Waals surface area contributed by atoms with Crippen molar-refractivity contribution in [2.45, 2.75) is 73.1 Å². The van der Waals surface area contributed by atoms with Crippen LogP contribution in [0.4, 0.5) is 13.6 Å². The van der Waals surface area contributed by atoms with E-state index in [0.29, 0.717) is 34.6 Å². The fourth-order valence-electron chi connectivity index (χ4n) is 4.57. The minimum Gasteiger partial charge on any atom is -0.489 e. The maximum Gasteiger partial charge on any atom is 0.407 e. The SMILES string of the molecule is Cc1c(CCOc2c(-c3ccc4ncc(CNC(=O)OC(C)(C)C)n4c3)ccc(F)c2F)c(C(O)C(C)(C)C)nn1C. The van der Waals surface area contributed by atoms with E-state index in [9.17, 15) is 14.3 Å². The minimum atomic E-state index is -1.09. The topological polar surface area (TPSA) is 103 Å². The zero-order valence-corrected chi connectivity index (χ0v) is 25.4. The van der Waals surface area contributed by atoms with E-state index in [4.69, 9.17) is 9.47 Å². The molecule has 0 fully saturated rings. The van der Waals surface area contributed by atoms with Gasteiger partial charge in [-0.15, -0.1) is 0 Å². The van der Waals surface area contributed by atoms with Crippen molar-refractivity contribution in [2.75, 3.05) is 6.61 Å². The van der Waals surface area contributed by atoms with Crippen LogP contribution in [0.1, 0.15) is 70.3 Å². The molecule has 0 aliphatic carbocycles. The van der Waals surface area contributed by atoms with Gasteiger partial charge in [-0.05, 0) is 57.4 Å². The van der Waals surface area contributed by atoms with Crippen molar-refractivity contribution < 1.29 is 28.2 Å². The summed E-state index contributed by atoms with van der Waals surface area (Å²) in [5.41, 5.74) is 3.33. The third kappa shape index (κ3) is 6.73. The quantitative estimate of drug-likeness (QED) is 0.262. The van der Waals surface area contributed by atoms with Crippen LogP contribution in [0, 0.1) is 24.0 Å². The highest BCUT2D eigenvalue weighted by atomic mass is 19.2. The predicted molar refractivity (Wildman–Crippen MR) is 155 cm³/mol. The van der Waals surface area contributed by atoms with Crippen LogP contribution >= 0.6 is 0 Å². The van der Waals surface area contributed by atoms with Gasteiger partial charge in [0, 0.05) is 42.0 Å². The third-order valence-corrected chi connectivity index (χ3v) is 6.92. The maximum absolute atomic E-state index is 15.2. The number of rotatable bonds is 8. The Bertz CT molecular complexity index is 1600. The number of imidazole rings is 1. The first-order valence-corrected chi connectivity index (χ1v) is 13.8. The molecule has 1 amide bonds. The number of ether oxygens (including phenoxy) is 2. The van der Waals surface area contributed by atoms with Crippen molar-refractivity contribution in [3.8, 4) is 16.9 Å². The lowest BCUT2D eigenvalue weighted by atomic mass is 9.85. The molecular weight excluding hydrogens is 544 g/mol. The molecule has 0 saturated heterocycles. The Balaban J connectivity index is 1.60. The fourth-order valence-corrected chi connectivity index (χ4v) is 4.57. The lowest BCUT2D eigenvalue weighted by molar-refractivity contribution is 0.0522. The largest absolute Gasteiger partial charge is 0.489 e. The van der Waals surface area contributed by atoms with E-state index < -0.39 is 34.8 Å². The zero-order chi connectivity index (χ0) is 31.0. The number of fused-ring (bicyclic) bond motifs is 1. The number of nitrogens with zero attached hydrogens (tertiary/aromatic N) is 4. The number of benzene rings is 1. The van der Waals surface area contributed by atoms with E-state index in [2.05, 4.69) is 15.4 Å². The van der Waals surface area contributed by atoms with Crippen molar-refractivity contribution in [1.29, 1.82) is 0 Å². The van der Waals surface area contributed by atoms with E-state index in [-0.39, 0.29) is 18.9 Å². The summed E-state index contributed by atoms with van der Waals surface area (Å²) in [6, 6.07) is 6.02. The summed E-state index contributed by atoms with van der Waals surface area (Å²) >= 11 is 0. The minimum absolute atomic E-state index is 0.0299. The fraction of sp³-hybridized carbons (Fsp3) is 0.452. The second-order valence-corrected chi connectivity index (χ2v) is 12.4. The molecule has 2 N–H and O–H groups in total. The average Bonchev–Trinajstić information content (AvgIpc) is 3.43. The second kappa shape index (κ2) is 11.7. The molecule has 4 aromatic rings. The molecule has 0 radical (unpaired) electrons. The van der Waals surface area contributed by atoms with E-state index in [0.717, 1.165) is 17.3 Å². The Hall–Kier alpha value is -3.99. The lowest BCUT2D eigenvalue weighted by Gasteiger charge is -2.25. The van der Waals surface area contributed by atoms with Crippen LogP contribution in [0.15, 0.2) is 36.7 Å². The van der Waals surface area contributed by atoms with E-state index in [1.807, 2.05) is 27.7 Å². The average molecular weight is 584 g/mol. The molecule has 42 heavy (non-hydrogen) atoms. The zero-order valence-electron chi connectivity index (χ0n) is 25.4. The second-order valence-electron chi connectivity index (χ2n) is 12.4. The molecule has 0 spiro atoms. The number of halogens is 2. The smallest absolute Gasteiger partial charge is 0.407 e. The molecule has 3 heterocycles. The van der Waals surface area contributed by atoms with Gasteiger partial charge in [-0.25, -0.2) is 14.2 Å². The number of alkyl carbamates (subject to hydrolysis) is 1. The molecule has 0 saturated carbocycles. The Morgan fingerprint density at radius 2 is 1.83 bits per heavy atom. The van der Waals surface area contributed by atoms with Crippen LogP contribution in [0.3, 0.4) is 0 Å². The van der Waals surface area contributed by atoms with Crippen molar-refractivity contribution in [3.05, 3.63) is 70.9 Å². The summed E-state index contributed by atoms with van der Waals surface area (Å²) in [5.74, 6) is -2.34. The normalized spacial score (nSPS) is 12.9. The molecule has 1 aromatic carbocycles. The van der Waals surface area contributed by atoms with Gasteiger partial charge in [0.2, 0.25) is 5.82 Å². The first-order valence-electron chi connectivity index (χ1n) is 13.8. The van der Waals surface area contributed by atoms with Crippen LogP contribution in [0.5, 0.6) is 5.75 Å². The Morgan fingerprint density at radius 3 is 2.50 bits per heavy atom. The van der Waals surface area contributed by atoms with Crippen molar-refractivity contribution in [3.63, 3.8) is 0 Å². The van der Waals surface area contributed by atoms with Gasteiger partial charge in [0.15, 0.2) is 11.6 Å². The maximum atomic E-state index is 15.2. The molecule has 3 aromatic heterocycles. The van der Waals surface area contributed by atoms with Gasteiger partial charge in [-0.1, -0.05) is 20.8 Å². The van der Waals surface area contributed by atoms with Gasteiger partial charge < -0.3 is 24.3 Å². The Labute approximate surface area is 244 Å². The summed E-state index contributed by atoms with van der Waals surface area (Å²) < 4.78 is 44.2. The summed E-state index contributed by atoms with van der Waals surface area (Å²) in [6.07, 6.45) is 2.32. The molecule has 0 aliphatic rings. The number of amides is 1. The highest BCUT2D eigenvalue weighted by Gasteiger charge is 2.30. The summed E-state index contributed by atoms with van der Waals surface area (Å²) in [7, 11) is 1.80. The number of pyridine rings is 1. The Kier molecular flexibility index (Phi) is 8.63. The summed E-state index contributed by atoms with van der Waals surface area (Å²) in [4.78, 5) is 16.5. The number of aliphatic hydroxyl groups excluding tert-OH is 1. The van der Waals surface area contributed by atoms with Gasteiger partial charge in [0.25, 0.3) is 0 Å². The third-order valence-electron chi connectivity index (χ3n) is 6.92. The summed E-state index contributed by atoms with van der Waals surface area (Å²) in [6.45, 7) is 13.2. The highest BCUT2D eigenvalue weighted by molar-refractivity contribution is 5.72. The van der Waals surface area contributed by atoms with Gasteiger partial charge >= 0.3 is 6.09 Å². The number of hydrogen-bond donors (Lipinski definition) is 2. The van der Waals surface area contributed by atoms with E-state index in [1.54, 1.807) is 61.4 Å². The molecule has 4 rings (SSSR count). The number of aliphatic hydroxyl groups is 1. The number of hydrogen-bond acceptors (Lipinski definition) is 6. The predicted octanol–water partition coefficient (Wildman–Crippen LogP) is 6.05. The highest BCUT2D eigenvalue weighted by Crippen LogP contribution is 2.36. The molecule has 9 nitrogen and oxygen atoms in total. The number of carbonyl (C=O) groups excluding carboxylic acids is 1. The van der Waals surface area contributed by atoms with Gasteiger partial charge in [-0.2, -0.15) is 9.49 Å². The van der Waals surface area contributed by atoms with Crippen LogP contribution in [-0.2, 0) is 24.8 Å². The first-order chi connectivity index (χ1) is 19.6. The standard InChI is InChI=1S/C31H39F2N5O4/c1-18-21(26(36-37(18)8)28(39)30(2,3)4)13-14-41-27-22(10-11-23(32)25(27)33)19-9-12-24-34-15-20(38(24)17-19)16-35-29(40)42-31(5,6)7/h9-12,15,17,28,39H,13-14,16H2,1-8H3,(H,35,40). The molecule has 1 atom stereocenters. The molecule has 0 aliphatic heterocycles. The van der Waals surface area contributed by atoms with Crippen molar-refractivity contribution in [2.24, 2.45) is 12.5 Å². The number of carbonyl (C=O) groups is 1. The number of nitrogens with one attached hydrogen (secondary N) is 1. The van der Waals surface area contributed by atoms with Crippen LogP contribution in [-0.4, -0.2) is 42.6 Å². The van der Waals surface area contributed by atoms with Gasteiger partial charge in [0.05, 0.1) is 30.7 Å². The van der Waals surface area contributed by atoms with Gasteiger partial charge in [-0.3, -0.25) is 4.68 Å². The number of aryl methyl sites for hydroxylation is 1. The van der Waals surface area contributed by atoms with Crippen LogP contribution < -0.4 is 10.1 Å².